The van der Waals surface area contributed by atoms with Crippen LogP contribution < -0.4 is 10.9 Å². The van der Waals surface area contributed by atoms with Crippen LogP contribution in [-0.2, 0) is 30.6 Å². The third kappa shape index (κ3) is 4.39. The molecule has 0 bridgehead atoms. The van der Waals surface area contributed by atoms with E-state index in [0.29, 0.717) is 6.42 Å². The highest BCUT2D eigenvalue weighted by Crippen LogP contribution is 2.18. The van der Waals surface area contributed by atoms with Crippen LogP contribution in [-0.4, -0.2) is 22.0 Å². The Kier molecular flexibility index (Phi) is 5.51. The smallest absolute Gasteiger partial charge is 0.303 e. The summed E-state index contributed by atoms with van der Waals surface area (Å²) in [6.07, 6.45) is 4.39. The summed E-state index contributed by atoms with van der Waals surface area (Å²) in [5.41, 5.74) is 3.58. The highest BCUT2D eigenvalue weighted by atomic mass is 16.4. The fourth-order valence-corrected chi connectivity index (χ4v) is 3.27. The Hall–Kier alpha value is -2.89. The number of aliphatic carboxylic acids is 1. The standard InChI is InChI=1S/C20H22N2O4/c23-18(24)9-8-13-4-3-5-14(10-13)12-21-19(25)16-11-15-6-1-2-7-17(15)22-20(16)26/h3-5,10-11H,1-2,6-9,12H2,(H,21,25)(H,22,26)(H,23,24). The maximum Gasteiger partial charge on any atom is 0.303 e. The van der Waals surface area contributed by atoms with Crippen LogP contribution in [0.25, 0.3) is 0 Å². The fraction of sp³-hybridized carbons (Fsp3) is 0.350. The van der Waals surface area contributed by atoms with E-state index in [-0.39, 0.29) is 24.1 Å². The molecule has 1 aromatic heterocycles. The molecule has 0 unspecified atom stereocenters. The summed E-state index contributed by atoms with van der Waals surface area (Å²) in [5, 5.41) is 11.5. The number of carboxylic acids is 1. The molecule has 1 amide bonds. The molecule has 1 aromatic carbocycles. The third-order valence-electron chi connectivity index (χ3n) is 4.65. The van der Waals surface area contributed by atoms with Crippen LogP contribution >= 0.6 is 0 Å². The number of carbonyl (C=O) groups excluding carboxylic acids is 1. The van der Waals surface area contributed by atoms with Gasteiger partial charge in [-0.2, -0.15) is 0 Å². The number of aromatic nitrogens is 1. The molecule has 0 fully saturated rings. The van der Waals surface area contributed by atoms with Crippen molar-refractivity contribution in [2.45, 2.75) is 45.1 Å². The molecule has 3 rings (SSSR count). The molecule has 1 heterocycles. The number of hydrogen-bond acceptors (Lipinski definition) is 3. The molecular formula is C20H22N2O4. The molecule has 2 aromatic rings. The zero-order chi connectivity index (χ0) is 18.5. The van der Waals surface area contributed by atoms with Gasteiger partial charge in [-0.05, 0) is 54.9 Å². The van der Waals surface area contributed by atoms with Gasteiger partial charge < -0.3 is 15.4 Å². The molecule has 0 saturated heterocycles. The number of amides is 1. The van der Waals surface area contributed by atoms with E-state index >= 15 is 0 Å². The van der Waals surface area contributed by atoms with Gasteiger partial charge in [0.15, 0.2) is 0 Å². The van der Waals surface area contributed by atoms with Gasteiger partial charge in [0, 0.05) is 18.7 Å². The number of rotatable bonds is 6. The van der Waals surface area contributed by atoms with E-state index in [1.807, 2.05) is 24.3 Å². The van der Waals surface area contributed by atoms with Gasteiger partial charge in [0.05, 0.1) is 0 Å². The van der Waals surface area contributed by atoms with E-state index in [0.717, 1.165) is 48.1 Å². The topological polar surface area (TPSA) is 99.3 Å². The van der Waals surface area contributed by atoms with Crippen molar-refractivity contribution in [1.29, 1.82) is 0 Å². The minimum atomic E-state index is -0.838. The SMILES string of the molecule is O=C(O)CCc1cccc(CNC(=O)c2cc3c([nH]c2=O)CCCC3)c1. The van der Waals surface area contributed by atoms with Crippen molar-refractivity contribution in [2.75, 3.05) is 0 Å². The third-order valence-corrected chi connectivity index (χ3v) is 4.65. The first-order chi connectivity index (χ1) is 12.5. The van der Waals surface area contributed by atoms with Crippen molar-refractivity contribution in [3.63, 3.8) is 0 Å². The van der Waals surface area contributed by atoms with Gasteiger partial charge in [-0.15, -0.1) is 0 Å². The molecule has 26 heavy (non-hydrogen) atoms. The maximum atomic E-state index is 12.4. The van der Waals surface area contributed by atoms with Crippen molar-refractivity contribution >= 4 is 11.9 Å². The van der Waals surface area contributed by atoms with Crippen molar-refractivity contribution in [3.8, 4) is 0 Å². The van der Waals surface area contributed by atoms with Gasteiger partial charge in [0.1, 0.15) is 5.56 Å². The number of H-pyrrole nitrogens is 1. The summed E-state index contributed by atoms with van der Waals surface area (Å²) in [7, 11) is 0. The summed E-state index contributed by atoms with van der Waals surface area (Å²) in [4.78, 5) is 38.1. The minimum Gasteiger partial charge on any atom is -0.481 e. The lowest BCUT2D eigenvalue weighted by Crippen LogP contribution is -2.30. The lowest BCUT2D eigenvalue weighted by molar-refractivity contribution is -0.136. The molecule has 0 radical (unpaired) electrons. The lowest BCUT2D eigenvalue weighted by Gasteiger charge is -2.16. The molecule has 6 nitrogen and oxygen atoms in total. The summed E-state index contributed by atoms with van der Waals surface area (Å²) < 4.78 is 0. The monoisotopic (exact) mass is 354 g/mol. The van der Waals surface area contributed by atoms with E-state index in [4.69, 9.17) is 5.11 Å². The van der Waals surface area contributed by atoms with Crippen LogP contribution in [0, 0.1) is 0 Å². The Morgan fingerprint density at radius 1 is 1.12 bits per heavy atom. The average molecular weight is 354 g/mol. The number of hydrogen-bond donors (Lipinski definition) is 3. The first-order valence-electron chi connectivity index (χ1n) is 8.86. The van der Waals surface area contributed by atoms with Crippen LogP contribution in [0.5, 0.6) is 0 Å². The zero-order valence-electron chi connectivity index (χ0n) is 14.5. The maximum absolute atomic E-state index is 12.4. The second-order valence-electron chi connectivity index (χ2n) is 6.62. The molecular weight excluding hydrogens is 332 g/mol. The number of aryl methyl sites for hydroxylation is 3. The largest absolute Gasteiger partial charge is 0.481 e. The van der Waals surface area contributed by atoms with Crippen molar-refractivity contribution in [3.05, 3.63) is 68.6 Å². The quantitative estimate of drug-likeness (QED) is 0.740. The molecule has 0 atom stereocenters. The summed E-state index contributed by atoms with van der Waals surface area (Å²) in [5.74, 6) is -1.23. The van der Waals surface area contributed by atoms with Crippen LogP contribution in [0.2, 0.25) is 0 Å². The minimum absolute atomic E-state index is 0.0698. The van der Waals surface area contributed by atoms with Crippen LogP contribution in [0.1, 0.15) is 52.0 Å². The number of nitrogens with one attached hydrogen (secondary N) is 2. The van der Waals surface area contributed by atoms with Crippen molar-refractivity contribution in [1.82, 2.24) is 10.3 Å². The first kappa shape index (κ1) is 17.9. The average Bonchev–Trinajstić information content (AvgIpc) is 2.64. The van der Waals surface area contributed by atoms with Gasteiger partial charge >= 0.3 is 5.97 Å². The van der Waals surface area contributed by atoms with E-state index in [1.54, 1.807) is 6.07 Å². The number of benzene rings is 1. The normalized spacial score (nSPS) is 13.1. The molecule has 0 aliphatic heterocycles. The predicted molar refractivity (Wildman–Crippen MR) is 97.3 cm³/mol. The van der Waals surface area contributed by atoms with Crippen molar-refractivity contribution in [2.24, 2.45) is 0 Å². The van der Waals surface area contributed by atoms with Crippen LogP contribution in [0.15, 0.2) is 35.1 Å². The lowest BCUT2D eigenvalue weighted by atomic mass is 9.95. The zero-order valence-corrected chi connectivity index (χ0v) is 14.5. The highest BCUT2D eigenvalue weighted by Gasteiger charge is 2.16. The van der Waals surface area contributed by atoms with Crippen LogP contribution in [0.3, 0.4) is 0 Å². The van der Waals surface area contributed by atoms with Gasteiger partial charge in [-0.3, -0.25) is 14.4 Å². The molecule has 136 valence electrons. The van der Waals surface area contributed by atoms with E-state index in [1.165, 1.54) is 0 Å². The highest BCUT2D eigenvalue weighted by molar-refractivity contribution is 5.94. The molecule has 1 aliphatic rings. The van der Waals surface area contributed by atoms with Gasteiger partial charge in [0.25, 0.3) is 11.5 Å². The fourth-order valence-electron chi connectivity index (χ4n) is 3.27. The number of carbonyl (C=O) groups is 2. The number of pyridine rings is 1. The molecule has 1 aliphatic carbocycles. The van der Waals surface area contributed by atoms with Gasteiger partial charge in [-0.25, -0.2) is 0 Å². The Morgan fingerprint density at radius 3 is 2.69 bits per heavy atom. The number of aromatic amines is 1. The van der Waals surface area contributed by atoms with Gasteiger partial charge in [-0.1, -0.05) is 24.3 Å². The van der Waals surface area contributed by atoms with Gasteiger partial charge in [0.2, 0.25) is 0 Å². The Morgan fingerprint density at radius 2 is 1.88 bits per heavy atom. The van der Waals surface area contributed by atoms with E-state index in [9.17, 15) is 14.4 Å². The first-order valence-corrected chi connectivity index (χ1v) is 8.86. The van der Waals surface area contributed by atoms with Crippen molar-refractivity contribution < 1.29 is 14.7 Å². The summed E-state index contributed by atoms with van der Waals surface area (Å²) in [6.45, 7) is 0.288. The van der Waals surface area contributed by atoms with E-state index < -0.39 is 11.9 Å². The Balaban J connectivity index is 1.67. The second kappa shape index (κ2) is 7.99. The predicted octanol–water partition coefficient (Wildman–Crippen LogP) is 2.20. The molecule has 0 spiro atoms. The van der Waals surface area contributed by atoms with E-state index in [2.05, 4.69) is 10.3 Å². The summed E-state index contributed by atoms with van der Waals surface area (Å²) in [6, 6.07) is 9.15. The number of carboxylic acid groups (broad SMARTS) is 1. The summed E-state index contributed by atoms with van der Waals surface area (Å²) >= 11 is 0. The van der Waals surface area contributed by atoms with Crippen LogP contribution in [0.4, 0.5) is 0 Å². The number of fused-ring (bicyclic) bond motifs is 1. The Bertz CT molecular complexity index is 886. The molecule has 6 heteroatoms. The molecule has 3 N–H and O–H groups in total. The Labute approximate surface area is 151 Å². The second-order valence-corrected chi connectivity index (χ2v) is 6.62. The molecule has 0 saturated carbocycles.